The molecule has 7 heteroatoms. The third kappa shape index (κ3) is 2.04. The molecule has 0 atom stereocenters. The van der Waals surface area contributed by atoms with Crippen molar-refractivity contribution in [3.63, 3.8) is 0 Å². The van der Waals surface area contributed by atoms with E-state index in [1.54, 1.807) is 19.2 Å². The molecular weight excluding hydrogens is 264 g/mol. The lowest BCUT2D eigenvalue weighted by atomic mass is 10.2. The van der Waals surface area contributed by atoms with Crippen LogP contribution < -0.4 is 10.6 Å². The zero-order valence-corrected chi connectivity index (χ0v) is 10.8. The van der Waals surface area contributed by atoms with E-state index in [1.165, 1.54) is 6.26 Å². The maximum Gasteiger partial charge on any atom is 0.291 e. The van der Waals surface area contributed by atoms with Crippen LogP contribution in [0.2, 0.25) is 0 Å². The van der Waals surface area contributed by atoms with Crippen LogP contribution in [0.3, 0.4) is 0 Å². The number of fused-ring (bicyclic) bond motifs is 1. The molecule has 0 bridgehead atoms. The van der Waals surface area contributed by atoms with E-state index in [-0.39, 0.29) is 11.7 Å². The van der Waals surface area contributed by atoms with Crippen LogP contribution in [-0.2, 0) is 0 Å². The number of furan rings is 1. The lowest BCUT2D eigenvalue weighted by molar-refractivity contribution is 0.0997. The summed E-state index contributed by atoms with van der Waals surface area (Å²) in [6.45, 7) is 0. The quantitative estimate of drug-likeness (QED) is 0.767. The Kier molecular flexibility index (Phi) is 2.88. The summed E-state index contributed by atoms with van der Waals surface area (Å²) < 4.78 is 13.4. The number of nitrogens with zero attached hydrogens (tertiary/aromatic N) is 2. The summed E-state index contributed by atoms with van der Waals surface area (Å²) in [6.07, 6.45) is 1.46. The van der Waals surface area contributed by atoms with Gasteiger partial charge < -0.3 is 15.1 Å². The number of hydrogen-bond donors (Lipinski definition) is 2. The first-order chi connectivity index (χ1) is 9.29. The van der Waals surface area contributed by atoms with Crippen LogP contribution >= 0.6 is 11.7 Å². The molecule has 2 aromatic heterocycles. The predicted molar refractivity (Wildman–Crippen MR) is 73.6 cm³/mol. The summed E-state index contributed by atoms with van der Waals surface area (Å²) in [4.78, 5) is 12.0. The predicted octanol–water partition coefficient (Wildman–Crippen LogP) is 2.58. The molecule has 1 amide bonds. The highest BCUT2D eigenvalue weighted by molar-refractivity contribution is 7.00. The SMILES string of the molecule is CNc1ccc2nsnc2c1NC(=O)c1ccco1. The summed E-state index contributed by atoms with van der Waals surface area (Å²) in [5.41, 5.74) is 2.80. The van der Waals surface area contributed by atoms with Crippen LogP contribution in [0.15, 0.2) is 34.9 Å². The summed E-state index contributed by atoms with van der Waals surface area (Å²) >= 11 is 1.11. The van der Waals surface area contributed by atoms with Gasteiger partial charge in [-0.2, -0.15) is 8.75 Å². The lowest BCUT2D eigenvalue weighted by Gasteiger charge is -2.09. The first-order valence-electron chi connectivity index (χ1n) is 5.57. The van der Waals surface area contributed by atoms with Crippen molar-refractivity contribution in [2.75, 3.05) is 17.7 Å². The van der Waals surface area contributed by atoms with Crippen LogP contribution in [0.5, 0.6) is 0 Å². The number of benzene rings is 1. The Morgan fingerprint density at radius 1 is 1.32 bits per heavy atom. The number of nitrogens with one attached hydrogen (secondary N) is 2. The van der Waals surface area contributed by atoms with Crippen molar-refractivity contribution < 1.29 is 9.21 Å². The van der Waals surface area contributed by atoms with E-state index in [9.17, 15) is 4.79 Å². The van der Waals surface area contributed by atoms with Crippen molar-refractivity contribution in [3.05, 3.63) is 36.3 Å². The summed E-state index contributed by atoms with van der Waals surface area (Å²) in [5, 5.41) is 5.82. The van der Waals surface area contributed by atoms with Crippen molar-refractivity contribution in [2.24, 2.45) is 0 Å². The normalized spacial score (nSPS) is 10.6. The minimum atomic E-state index is -0.318. The van der Waals surface area contributed by atoms with Crippen LogP contribution in [0, 0.1) is 0 Å². The molecule has 0 aliphatic carbocycles. The lowest BCUT2D eigenvalue weighted by Crippen LogP contribution is -2.12. The molecule has 0 radical (unpaired) electrons. The molecule has 3 rings (SSSR count). The molecular formula is C12H10N4O2S. The molecule has 0 saturated carbocycles. The highest BCUT2D eigenvalue weighted by atomic mass is 32.1. The van der Waals surface area contributed by atoms with Crippen molar-refractivity contribution in [1.29, 1.82) is 0 Å². The van der Waals surface area contributed by atoms with Gasteiger partial charge in [0, 0.05) is 7.05 Å². The fourth-order valence-corrected chi connectivity index (χ4v) is 2.31. The van der Waals surface area contributed by atoms with Crippen LogP contribution in [-0.4, -0.2) is 21.7 Å². The Bertz CT molecular complexity index is 720. The zero-order valence-electron chi connectivity index (χ0n) is 10.0. The molecule has 6 nitrogen and oxygen atoms in total. The van der Waals surface area contributed by atoms with E-state index < -0.39 is 0 Å². The standard InChI is InChI=1S/C12H10N4O2S/c1-13-7-4-5-8-11(16-19-15-8)10(7)14-12(17)9-3-2-6-18-9/h2-6,13H,1H3,(H,14,17). The third-order valence-electron chi connectivity index (χ3n) is 2.68. The Hall–Kier alpha value is -2.41. The van der Waals surface area contributed by atoms with Gasteiger partial charge in [0.1, 0.15) is 11.0 Å². The van der Waals surface area contributed by atoms with Gasteiger partial charge in [-0.15, -0.1) is 0 Å². The molecule has 19 heavy (non-hydrogen) atoms. The third-order valence-corrected chi connectivity index (χ3v) is 3.22. The minimum Gasteiger partial charge on any atom is -0.459 e. The van der Waals surface area contributed by atoms with Gasteiger partial charge in [0.15, 0.2) is 5.76 Å². The second-order valence-electron chi connectivity index (χ2n) is 3.80. The van der Waals surface area contributed by atoms with Gasteiger partial charge in [0.2, 0.25) is 0 Å². The largest absolute Gasteiger partial charge is 0.459 e. The van der Waals surface area contributed by atoms with E-state index in [0.29, 0.717) is 11.2 Å². The fraction of sp³-hybridized carbons (Fsp3) is 0.0833. The maximum absolute atomic E-state index is 12.0. The van der Waals surface area contributed by atoms with E-state index in [2.05, 4.69) is 19.4 Å². The highest BCUT2D eigenvalue weighted by Crippen LogP contribution is 2.30. The average Bonchev–Trinajstić information content (AvgIpc) is 3.10. The van der Waals surface area contributed by atoms with Crippen molar-refractivity contribution in [2.45, 2.75) is 0 Å². The maximum atomic E-state index is 12.0. The Labute approximate surface area is 112 Å². The molecule has 96 valence electrons. The highest BCUT2D eigenvalue weighted by Gasteiger charge is 2.15. The first-order valence-corrected chi connectivity index (χ1v) is 6.30. The minimum absolute atomic E-state index is 0.252. The van der Waals surface area contributed by atoms with Gasteiger partial charge in [-0.25, -0.2) is 0 Å². The molecule has 0 spiro atoms. The van der Waals surface area contributed by atoms with E-state index in [1.807, 2.05) is 12.1 Å². The number of anilines is 2. The van der Waals surface area contributed by atoms with Gasteiger partial charge in [-0.05, 0) is 24.3 Å². The summed E-state index contributed by atoms with van der Waals surface area (Å²) in [7, 11) is 1.78. The van der Waals surface area contributed by atoms with Gasteiger partial charge in [-0.3, -0.25) is 4.79 Å². The monoisotopic (exact) mass is 274 g/mol. The summed E-state index contributed by atoms with van der Waals surface area (Å²) in [6, 6.07) is 6.97. The van der Waals surface area contributed by atoms with E-state index in [0.717, 1.165) is 22.9 Å². The van der Waals surface area contributed by atoms with Crippen molar-refractivity contribution in [1.82, 2.24) is 8.75 Å². The molecule has 2 heterocycles. The molecule has 0 unspecified atom stereocenters. The first kappa shape index (κ1) is 11.7. The van der Waals surface area contributed by atoms with Gasteiger partial charge in [-0.1, -0.05) is 0 Å². The molecule has 0 aliphatic rings. The van der Waals surface area contributed by atoms with Gasteiger partial charge in [0.25, 0.3) is 5.91 Å². The Morgan fingerprint density at radius 3 is 2.95 bits per heavy atom. The van der Waals surface area contributed by atoms with E-state index >= 15 is 0 Å². The molecule has 0 saturated heterocycles. The molecule has 0 fully saturated rings. The number of carbonyl (C=O) groups is 1. The number of hydrogen-bond acceptors (Lipinski definition) is 6. The van der Waals surface area contributed by atoms with E-state index in [4.69, 9.17) is 4.42 Å². The van der Waals surface area contributed by atoms with Crippen molar-refractivity contribution in [3.8, 4) is 0 Å². The average molecular weight is 274 g/mol. The molecule has 3 aromatic rings. The Morgan fingerprint density at radius 2 is 2.21 bits per heavy atom. The van der Waals surface area contributed by atoms with Crippen LogP contribution in [0.4, 0.5) is 11.4 Å². The number of aromatic nitrogens is 2. The second kappa shape index (κ2) is 4.69. The van der Waals surface area contributed by atoms with Gasteiger partial charge in [0.05, 0.1) is 29.4 Å². The Balaban J connectivity index is 2.03. The summed E-state index contributed by atoms with van der Waals surface area (Å²) in [5.74, 6) is -0.0655. The van der Waals surface area contributed by atoms with Gasteiger partial charge >= 0.3 is 0 Å². The topological polar surface area (TPSA) is 80.0 Å². The van der Waals surface area contributed by atoms with Crippen LogP contribution in [0.25, 0.3) is 11.0 Å². The smallest absolute Gasteiger partial charge is 0.291 e. The molecule has 2 N–H and O–H groups in total. The number of rotatable bonds is 3. The number of amides is 1. The van der Waals surface area contributed by atoms with Crippen molar-refractivity contribution >= 4 is 40.0 Å². The molecule has 0 aliphatic heterocycles. The fourth-order valence-electron chi connectivity index (χ4n) is 1.77. The number of carbonyl (C=O) groups excluding carboxylic acids is 1. The molecule has 1 aromatic carbocycles. The van der Waals surface area contributed by atoms with Crippen LogP contribution in [0.1, 0.15) is 10.6 Å². The zero-order chi connectivity index (χ0) is 13.2. The second-order valence-corrected chi connectivity index (χ2v) is 4.33.